The van der Waals surface area contributed by atoms with Gasteiger partial charge in [0.25, 0.3) is 5.91 Å². The number of carbonyl (C=O) groups excluding carboxylic acids is 3. The third-order valence-corrected chi connectivity index (χ3v) is 5.75. The Labute approximate surface area is 172 Å². The van der Waals surface area contributed by atoms with E-state index in [0.29, 0.717) is 18.5 Å². The van der Waals surface area contributed by atoms with E-state index in [0.717, 1.165) is 33.3 Å². The molecule has 3 amide bonds. The summed E-state index contributed by atoms with van der Waals surface area (Å²) in [6.07, 6.45) is 2.40. The Balaban J connectivity index is 1.45. The van der Waals surface area contributed by atoms with Crippen LogP contribution in [0.4, 0.5) is 0 Å². The Morgan fingerprint density at radius 3 is 2.73 bits per heavy atom. The van der Waals surface area contributed by atoms with Crippen LogP contribution in [0, 0.1) is 0 Å². The molecular weight excluding hydrogens is 382 g/mol. The number of nitrogens with one attached hydrogen (secondary N) is 1. The molecular formula is C23H19N3O4. The standard InChI is InChI=1S/C23H19N3O4/c1-30-17-4-2-13-10-19(24-11-15(13)9-17)14-3-5-18-16(8-14)12-26(23(18)29)20-6-7-21(27)25-22(20)28/h2-5,8-11,20H,6-7,12H2,1H3,(H,25,27,28). The lowest BCUT2D eigenvalue weighted by atomic mass is 10.0. The van der Waals surface area contributed by atoms with Crippen molar-refractivity contribution in [2.75, 3.05) is 7.11 Å². The van der Waals surface area contributed by atoms with Gasteiger partial charge in [0.15, 0.2) is 0 Å². The van der Waals surface area contributed by atoms with Crippen LogP contribution in [-0.2, 0) is 16.1 Å². The Hall–Kier alpha value is -3.74. The van der Waals surface area contributed by atoms with Crippen molar-refractivity contribution in [3.05, 3.63) is 59.8 Å². The van der Waals surface area contributed by atoms with Crippen LogP contribution >= 0.6 is 0 Å². The molecule has 150 valence electrons. The van der Waals surface area contributed by atoms with Gasteiger partial charge >= 0.3 is 0 Å². The maximum Gasteiger partial charge on any atom is 0.255 e. The molecule has 1 unspecified atom stereocenters. The van der Waals surface area contributed by atoms with Crippen LogP contribution in [0.1, 0.15) is 28.8 Å². The van der Waals surface area contributed by atoms with Gasteiger partial charge in [-0.1, -0.05) is 12.1 Å². The van der Waals surface area contributed by atoms with E-state index < -0.39 is 11.9 Å². The summed E-state index contributed by atoms with van der Waals surface area (Å²) in [5, 5.41) is 4.35. The van der Waals surface area contributed by atoms with Crippen molar-refractivity contribution in [2.24, 2.45) is 0 Å². The lowest BCUT2D eigenvalue weighted by Crippen LogP contribution is -2.52. The van der Waals surface area contributed by atoms with Crippen molar-refractivity contribution in [3.8, 4) is 17.0 Å². The summed E-state index contributed by atoms with van der Waals surface area (Å²) in [4.78, 5) is 42.6. The number of nitrogens with zero attached hydrogens (tertiary/aromatic N) is 2. The zero-order chi connectivity index (χ0) is 20.8. The summed E-state index contributed by atoms with van der Waals surface area (Å²) in [6, 6.07) is 12.8. The molecule has 7 heteroatoms. The van der Waals surface area contributed by atoms with E-state index in [9.17, 15) is 14.4 Å². The van der Waals surface area contributed by atoms with E-state index in [1.807, 2.05) is 36.4 Å². The molecule has 1 saturated heterocycles. The van der Waals surface area contributed by atoms with Gasteiger partial charge in [0.1, 0.15) is 11.8 Å². The van der Waals surface area contributed by atoms with Crippen LogP contribution in [0.3, 0.4) is 0 Å². The highest BCUT2D eigenvalue weighted by Crippen LogP contribution is 2.32. The quantitative estimate of drug-likeness (QED) is 0.682. The fourth-order valence-electron chi connectivity index (χ4n) is 4.14. The molecule has 7 nitrogen and oxygen atoms in total. The van der Waals surface area contributed by atoms with Gasteiger partial charge in [0.05, 0.1) is 12.8 Å². The number of ether oxygens (including phenoxy) is 1. The van der Waals surface area contributed by atoms with Crippen molar-refractivity contribution in [1.82, 2.24) is 15.2 Å². The second-order valence-corrected chi connectivity index (χ2v) is 7.55. The summed E-state index contributed by atoms with van der Waals surface area (Å²) in [5.74, 6) is -0.0896. The minimum absolute atomic E-state index is 0.176. The summed E-state index contributed by atoms with van der Waals surface area (Å²) < 4.78 is 5.26. The van der Waals surface area contributed by atoms with E-state index in [2.05, 4.69) is 10.3 Å². The van der Waals surface area contributed by atoms with Crippen molar-refractivity contribution in [2.45, 2.75) is 25.4 Å². The zero-order valence-electron chi connectivity index (χ0n) is 16.3. The number of carbonyl (C=O) groups is 3. The van der Waals surface area contributed by atoms with Crippen LogP contribution in [-0.4, -0.2) is 40.8 Å². The molecule has 2 aliphatic heterocycles. The summed E-state index contributed by atoms with van der Waals surface area (Å²) in [6.45, 7) is 0.346. The molecule has 3 aromatic rings. The third-order valence-electron chi connectivity index (χ3n) is 5.75. The van der Waals surface area contributed by atoms with E-state index in [4.69, 9.17) is 4.74 Å². The van der Waals surface area contributed by atoms with Gasteiger partial charge in [-0.25, -0.2) is 0 Å². The van der Waals surface area contributed by atoms with Crippen LogP contribution < -0.4 is 10.1 Å². The fourth-order valence-corrected chi connectivity index (χ4v) is 4.14. The molecule has 1 atom stereocenters. The van der Waals surface area contributed by atoms with E-state index in [1.165, 1.54) is 0 Å². The van der Waals surface area contributed by atoms with Gasteiger partial charge in [0.2, 0.25) is 11.8 Å². The number of aromatic nitrogens is 1. The Bertz CT molecular complexity index is 1220. The minimum Gasteiger partial charge on any atom is -0.497 e. The molecule has 1 fully saturated rings. The van der Waals surface area contributed by atoms with Crippen molar-refractivity contribution >= 4 is 28.5 Å². The number of pyridine rings is 1. The van der Waals surface area contributed by atoms with Gasteiger partial charge in [-0.05, 0) is 47.7 Å². The van der Waals surface area contributed by atoms with Crippen molar-refractivity contribution in [1.29, 1.82) is 0 Å². The topological polar surface area (TPSA) is 88.6 Å². The maximum absolute atomic E-state index is 12.8. The molecule has 1 N–H and O–H groups in total. The smallest absolute Gasteiger partial charge is 0.255 e. The molecule has 0 saturated carbocycles. The molecule has 3 heterocycles. The highest BCUT2D eigenvalue weighted by molar-refractivity contribution is 6.05. The van der Waals surface area contributed by atoms with Gasteiger partial charge in [-0.3, -0.25) is 24.7 Å². The molecule has 2 aliphatic rings. The number of piperidine rings is 1. The number of benzene rings is 2. The molecule has 2 aromatic carbocycles. The van der Waals surface area contributed by atoms with Crippen LogP contribution in [0.15, 0.2) is 48.7 Å². The minimum atomic E-state index is -0.611. The lowest BCUT2D eigenvalue weighted by Gasteiger charge is -2.29. The monoisotopic (exact) mass is 401 g/mol. The molecule has 5 rings (SSSR count). The Kier molecular flexibility index (Phi) is 4.24. The number of methoxy groups -OCH3 is 1. The third kappa shape index (κ3) is 2.99. The lowest BCUT2D eigenvalue weighted by molar-refractivity contribution is -0.136. The predicted molar refractivity (Wildman–Crippen MR) is 110 cm³/mol. The van der Waals surface area contributed by atoms with Gasteiger partial charge in [-0.2, -0.15) is 0 Å². The van der Waals surface area contributed by atoms with Gasteiger partial charge in [-0.15, -0.1) is 0 Å². The van der Waals surface area contributed by atoms with Crippen molar-refractivity contribution in [3.63, 3.8) is 0 Å². The first kappa shape index (κ1) is 18.3. The number of amides is 3. The molecule has 0 spiro atoms. The number of rotatable bonds is 3. The van der Waals surface area contributed by atoms with Crippen LogP contribution in [0.2, 0.25) is 0 Å². The first-order valence-electron chi connectivity index (χ1n) is 9.75. The summed E-state index contributed by atoms with van der Waals surface area (Å²) in [7, 11) is 1.63. The fraction of sp³-hybridized carbons (Fsp3) is 0.217. The SMILES string of the molecule is COc1ccc2cc(-c3ccc4c(c3)CN(C3CCC(=O)NC3=O)C4=O)ncc2c1. The van der Waals surface area contributed by atoms with Crippen LogP contribution in [0.25, 0.3) is 22.0 Å². The highest BCUT2D eigenvalue weighted by atomic mass is 16.5. The average molecular weight is 401 g/mol. The average Bonchev–Trinajstić information content (AvgIpc) is 3.08. The van der Waals surface area contributed by atoms with Crippen LogP contribution in [0.5, 0.6) is 5.75 Å². The van der Waals surface area contributed by atoms with Crippen molar-refractivity contribution < 1.29 is 19.1 Å². The number of hydrogen-bond donors (Lipinski definition) is 1. The summed E-state index contributed by atoms with van der Waals surface area (Å²) in [5.41, 5.74) is 3.17. The molecule has 30 heavy (non-hydrogen) atoms. The van der Waals surface area contributed by atoms with Gasteiger partial charge < -0.3 is 9.64 Å². The van der Waals surface area contributed by atoms with E-state index in [-0.39, 0.29) is 18.2 Å². The number of fused-ring (bicyclic) bond motifs is 2. The molecule has 1 aromatic heterocycles. The maximum atomic E-state index is 12.8. The number of hydrogen-bond acceptors (Lipinski definition) is 5. The summed E-state index contributed by atoms with van der Waals surface area (Å²) >= 11 is 0. The molecule has 0 radical (unpaired) electrons. The molecule has 0 aliphatic carbocycles. The second kappa shape index (κ2) is 6.95. The zero-order valence-corrected chi connectivity index (χ0v) is 16.3. The van der Waals surface area contributed by atoms with Gasteiger partial charge in [0, 0.05) is 35.7 Å². The first-order valence-corrected chi connectivity index (χ1v) is 9.75. The largest absolute Gasteiger partial charge is 0.497 e. The van der Waals surface area contributed by atoms with E-state index in [1.54, 1.807) is 24.3 Å². The van der Waals surface area contributed by atoms with E-state index >= 15 is 0 Å². The Morgan fingerprint density at radius 2 is 1.93 bits per heavy atom. The normalized spacial score (nSPS) is 18.5. The molecule has 0 bridgehead atoms. The first-order chi connectivity index (χ1) is 14.5. The second-order valence-electron chi connectivity index (χ2n) is 7.55. The highest BCUT2D eigenvalue weighted by Gasteiger charge is 2.39. The Morgan fingerprint density at radius 1 is 1.07 bits per heavy atom. The predicted octanol–water partition coefficient (Wildman–Crippen LogP) is 2.67. The number of imide groups is 1.